The fourth-order valence-electron chi connectivity index (χ4n) is 3.22. The van der Waals surface area contributed by atoms with Gasteiger partial charge in [0, 0.05) is 24.9 Å². The van der Waals surface area contributed by atoms with Gasteiger partial charge in [0.25, 0.3) is 0 Å². The number of nitrogens with zero attached hydrogens (tertiary/aromatic N) is 1. The molecule has 1 aromatic carbocycles. The SMILES string of the molecule is O=C(O)/C=C/c1ccc(N2CCCC3C(=O)NCC32)cc1. The van der Waals surface area contributed by atoms with Gasteiger partial charge in [0.05, 0.1) is 12.0 Å². The minimum Gasteiger partial charge on any atom is -0.478 e. The lowest BCUT2D eigenvalue weighted by Gasteiger charge is -2.37. The molecule has 2 aliphatic heterocycles. The van der Waals surface area contributed by atoms with Gasteiger partial charge >= 0.3 is 5.97 Å². The lowest BCUT2D eigenvalue weighted by Crippen LogP contribution is -2.45. The second-order valence-corrected chi connectivity index (χ2v) is 5.52. The van der Waals surface area contributed by atoms with E-state index in [4.69, 9.17) is 5.11 Å². The number of carbonyl (C=O) groups is 2. The van der Waals surface area contributed by atoms with Crippen molar-refractivity contribution in [1.82, 2.24) is 5.32 Å². The molecule has 0 saturated carbocycles. The van der Waals surface area contributed by atoms with Gasteiger partial charge in [0.2, 0.25) is 5.91 Å². The summed E-state index contributed by atoms with van der Waals surface area (Å²) in [5.41, 5.74) is 1.95. The Hall–Kier alpha value is -2.30. The smallest absolute Gasteiger partial charge is 0.328 e. The second kappa shape index (κ2) is 5.60. The second-order valence-electron chi connectivity index (χ2n) is 5.52. The lowest BCUT2D eigenvalue weighted by atomic mass is 9.91. The Morgan fingerprint density at radius 1 is 1.33 bits per heavy atom. The lowest BCUT2D eigenvalue weighted by molar-refractivity contribution is -0.131. The van der Waals surface area contributed by atoms with E-state index in [1.165, 1.54) is 0 Å². The van der Waals surface area contributed by atoms with Crippen LogP contribution in [0.1, 0.15) is 18.4 Å². The monoisotopic (exact) mass is 286 g/mol. The number of carboxylic acid groups (broad SMARTS) is 1. The number of anilines is 1. The van der Waals surface area contributed by atoms with Gasteiger partial charge in [-0.3, -0.25) is 4.79 Å². The highest BCUT2D eigenvalue weighted by molar-refractivity contribution is 5.85. The van der Waals surface area contributed by atoms with E-state index in [1.807, 2.05) is 24.3 Å². The van der Waals surface area contributed by atoms with Crippen LogP contribution in [0.25, 0.3) is 6.08 Å². The predicted octanol–water partition coefficient (Wildman–Crippen LogP) is 1.50. The molecule has 2 N–H and O–H groups in total. The highest BCUT2D eigenvalue weighted by atomic mass is 16.4. The quantitative estimate of drug-likeness (QED) is 0.826. The molecule has 2 saturated heterocycles. The third-order valence-electron chi connectivity index (χ3n) is 4.24. The van der Waals surface area contributed by atoms with Gasteiger partial charge in [0.15, 0.2) is 0 Å². The predicted molar refractivity (Wildman–Crippen MR) is 80.0 cm³/mol. The molecule has 2 aliphatic rings. The Morgan fingerprint density at radius 3 is 2.81 bits per heavy atom. The van der Waals surface area contributed by atoms with E-state index in [0.29, 0.717) is 6.54 Å². The molecule has 2 fully saturated rings. The molecule has 3 rings (SSSR count). The van der Waals surface area contributed by atoms with Crippen LogP contribution in [-0.4, -0.2) is 36.1 Å². The number of fused-ring (bicyclic) bond motifs is 1. The van der Waals surface area contributed by atoms with Crippen LogP contribution in [0.2, 0.25) is 0 Å². The summed E-state index contributed by atoms with van der Waals surface area (Å²) in [6.45, 7) is 1.67. The van der Waals surface area contributed by atoms with Crippen LogP contribution in [0.3, 0.4) is 0 Å². The molecule has 5 heteroatoms. The molecule has 21 heavy (non-hydrogen) atoms. The van der Waals surface area contributed by atoms with Gasteiger partial charge in [-0.2, -0.15) is 0 Å². The summed E-state index contributed by atoms with van der Waals surface area (Å²) < 4.78 is 0. The number of rotatable bonds is 3. The van der Waals surface area contributed by atoms with E-state index in [-0.39, 0.29) is 17.9 Å². The van der Waals surface area contributed by atoms with E-state index in [0.717, 1.165) is 36.7 Å². The summed E-state index contributed by atoms with van der Waals surface area (Å²) in [6, 6.07) is 8.04. The number of nitrogens with one attached hydrogen (secondary N) is 1. The van der Waals surface area contributed by atoms with E-state index in [9.17, 15) is 9.59 Å². The van der Waals surface area contributed by atoms with Gasteiger partial charge in [-0.1, -0.05) is 12.1 Å². The minimum absolute atomic E-state index is 0.102. The summed E-state index contributed by atoms with van der Waals surface area (Å²) in [7, 11) is 0. The Kier molecular flexibility index (Phi) is 3.64. The van der Waals surface area contributed by atoms with Crippen LogP contribution in [0.15, 0.2) is 30.3 Å². The molecule has 5 nitrogen and oxygen atoms in total. The number of benzene rings is 1. The summed E-state index contributed by atoms with van der Waals surface area (Å²) in [5, 5.41) is 11.6. The van der Waals surface area contributed by atoms with Crippen LogP contribution >= 0.6 is 0 Å². The number of aliphatic carboxylic acids is 1. The van der Waals surface area contributed by atoms with E-state index >= 15 is 0 Å². The topological polar surface area (TPSA) is 69.6 Å². The zero-order valence-electron chi connectivity index (χ0n) is 11.7. The van der Waals surface area contributed by atoms with Crippen molar-refractivity contribution in [2.45, 2.75) is 18.9 Å². The Morgan fingerprint density at radius 2 is 2.10 bits per heavy atom. The van der Waals surface area contributed by atoms with Crippen molar-refractivity contribution in [2.24, 2.45) is 5.92 Å². The van der Waals surface area contributed by atoms with Crippen LogP contribution in [0.5, 0.6) is 0 Å². The van der Waals surface area contributed by atoms with Crippen molar-refractivity contribution in [3.05, 3.63) is 35.9 Å². The largest absolute Gasteiger partial charge is 0.478 e. The first-order chi connectivity index (χ1) is 10.1. The van der Waals surface area contributed by atoms with E-state index in [1.54, 1.807) is 6.08 Å². The highest BCUT2D eigenvalue weighted by Crippen LogP contribution is 2.31. The third kappa shape index (κ3) is 2.77. The van der Waals surface area contributed by atoms with Gasteiger partial charge in [-0.15, -0.1) is 0 Å². The summed E-state index contributed by atoms with van der Waals surface area (Å²) in [4.78, 5) is 24.6. The number of amides is 1. The molecular weight excluding hydrogens is 268 g/mol. The molecule has 0 aromatic heterocycles. The van der Waals surface area contributed by atoms with Gasteiger partial charge in [0.1, 0.15) is 0 Å². The van der Waals surface area contributed by atoms with Crippen molar-refractivity contribution >= 4 is 23.6 Å². The molecule has 2 atom stereocenters. The maximum atomic E-state index is 11.8. The van der Waals surface area contributed by atoms with Crippen molar-refractivity contribution in [1.29, 1.82) is 0 Å². The number of carboxylic acids is 1. The molecule has 0 radical (unpaired) electrons. The average molecular weight is 286 g/mol. The maximum Gasteiger partial charge on any atom is 0.328 e. The van der Waals surface area contributed by atoms with Gasteiger partial charge in [-0.05, 0) is 36.6 Å². The van der Waals surface area contributed by atoms with Crippen molar-refractivity contribution in [2.75, 3.05) is 18.0 Å². The zero-order chi connectivity index (χ0) is 14.8. The first kappa shape index (κ1) is 13.7. The summed E-state index contributed by atoms with van der Waals surface area (Å²) >= 11 is 0. The molecule has 0 spiro atoms. The molecule has 0 aliphatic carbocycles. The summed E-state index contributed by atoms with van der Waals surface area (Å²) in [6.07, 6.45) is 4.69. The van der Waals surface area contributed by atoms with Crippen LogP contribution in [-0.2, 0) is 9.59 Å². The number of hydrogen-bond acceptors (Lipinski definition) is 3. The normalized spacial score (nSPS) is 25.0. The Labute approximate surface area is 123 Å². The molecule has 110 valence electrons. The molecule has 1 aromatic rings. The number of piperidine rings is 1. The van der Waals surface area contributed by atoms with Crippen molar-refractivity contribution < 1.29 is 14.7 Å². The van der Waals surface area contributed by atoms with E-state index in [2.05, 4.69) is 10.2 Å². The molecule has 2 heterocycles. The fraction of sp³-hybridized carbons (Fsp3) is 0.375. The number of carbonyl (C=O) groups excluding carboxylic acids is 1. The van der Waals surface area contributed by atoms with Crippen molar-refractivity contribution in [3.8, 4) is 0 Å². The fourth-order valence-corrected chi connectivity index (χ4v) is 3.22. The highest BCUT2D eigenvalue weighted by Gasteiger charge is 2.40. The Balaban J connectivity index is 1.77. The van der Waals surface area contributed by atoms with Gasteiger partial charge < -0.3 is 15.3 Å². The zero-order valence-corrected chi connectivity index (χ0v) is 11.7. The third-order valence-corrected chi connectivity index (χ3v) is 4.24. The summed E-state index contributed by atoms with van der Waals surface area (Å²) in [5.74, 6) is -0.676. The van der Waals surface area contributed by atoms with Gasteiger partial charge in [-0.25, -0.2) is 4.79 Å². The Bertz CT molecular complexity index is 580. The molecular formula is C16H18N2O3. The first-order valence-electron chi connectivity index (χ1n) is 7.20. The number of hydrogen-bond donors (Lipinski definition) is 2. The van der Waals surface area contributed by atoms with Crippen molar-refractivity contribution in [3.63, 3.8) is 0 Å². The molecule has 2 unspecified atom stereocenters. The first-order valence-corrected chi connectivity index (χ1v) is 7.20. The standard InChI is InChI=1S/C16H18N2O3/c19-15(20)8-5-11-3-6-12(7-4-11)18-9-1-2-13-14(18)10-17-16(13)21/h3-8,13-14H,1-2,9-10H2,(H,17,21)(H,19,20)/b8-5+. The average Bonchev–Trinajstić information content (AvgIpc) is 2.87. The van der Waals surface area contributed by atoms with Crippen LogP contribution < -0.4 is 10.2 Å². The van der Waals surface area contributed by atoms with E-state index < -0.39 is 5.97 Å². The molecule has 1 amide bonds. The molecule has 0 bridgehead atoms. The van der Waals surface area contributed by atoms with Crippen LogP contribution in [0, 0.1) is 5.92 Å². The maximum absolute atomic E-state index is 11.8. The van der Waals surface area contributed by atoms with Crippen LogP contribution in [0.4, 0.5) is 5.69 Å². The minimum atomic E-state index is -0.950.